The Kier molecular flexibility index (Phi) is 4.79. The summed E-state index contributed by atoms with van der Waals surface area (Å²) in [5.74, 6) is 0. The summed E-state index contributed by atoms with van der Waals surface area (Å²) in [6, 6.07) is 0.554. The van der Waals surface area contributed by atoms with E-state index in [0.29, 0.717) is 24.6 Å². The van der Waals surface area contributed by atoms with Gasteiger partial charge in [-0.05, 0) is 31.1 Å². The topological polar surface area (TPSA) is 50.7 Å². The van der Waals surface area contributed by atoms with Crippen LogP contribution in [-0.4, -0.2) is 50.7 Å². The monoisotopic (exact) mass is 243 g/mol. The minimum Gasteiger partial charge on any atom is -0.389 e. The highest BCUT2D eigenvalue weighted by Gasteiger charge is 2.43. The van der Waals surface area contributed by atoms with Crippen LogP contribution in [0, 0.1) is 5.41 Å². The van der Waals surface area contributed by atoms with Gasteiger partial charge in [-0.25, -0.2) is 0 Å². The molecule has 4 nitrogen and oxygen atoms in total. The third-order valence-electron chi connectivity index (χ3n) is 4.35. The van der Waals surface area contributed by atoms with Gasteiger partial charge in [-0.1, -0.05) is 6.42 Å². The summed E-state index contributed by atoms with van der Waals surface area (Å²) in [4.78, 5) is 0. The Morgan fingerprint density at radius 1 is 1.41 bits per heavy atom. The Morgan fingerprint density at radius 3 is 2.88 bits per heavy atom. The van der Waals surface area contributed by atoms with Crippen molar-refractivity contribution in [2.24, 2.45) is 5.41 Å². The maximum absolute atomic E-state index is 9.68. The number of nitrogens with one attached hydrogen (secondary N) is 1. The fraction of sp³-hybridized carbons (Fsp3) is 1.00. The van der Waals surface area contributed by atoms with Crippen molar-refractivity contribution >= 4 is 0 Å². The molecule has 2 aliphatic rings. The van der Waals surface area contributed by atoms with E-state index in [4.69, 9.17) is 9.47 Å². The molecule has 1 spiro atoms. The van der Waals surface area contributed by atoms with Crippen LogP contribution in [0.5, 0.6) is 0 Å². The van der Waals surface area contributed by atoms with Gasteiger partial charge in [-0.2, -0.15) is 0 Å². The van der Waals surface area contributed by atoms with Crippen molar-refractivity contribution in [3.63, 3.8) is 0 Å². The molecular formula is C13H25NO3. The van der Waals surface area contributed by atoms with Crippen molar-refractivity contribution in [2.75, 3.05) is 33.5 Å². The van der Waals surface area contributed by atoms with Gasteiger partial charge in [0, 0.05) is 32.9 Å². The van der Waals surface area contributed by atoms with Gasteiger partial charge in [0.25, 0.3) is 0 Å². The van der Waals surface area contributed by atoms with Crippen LogP contribution >= 0.6 is 0 Å². The molecular weight excluding hydrogens is 218 g/mol. The Labute approximate surface area is 104 Å². The molecule has 4 heteroatoms. The summed E-state index contributed by atoms with van der Waals surface area (Å²) in [5.41, 5.74) is 0.436. The minimum absolute atomic E-state index is 0.391. The second-order valence-corrected chi connectivity index (χ2v) is 5.44. The van der Waals surface area contributed by atoms with Crippen LogP contribution in [0.1, 0.15) is 32.1 Å². The summed E-state index contributed by atoms with van der Waals surface area (Å²) in [6.07, 6.45) is 5.81. The molecule has 17 heavy (non-hydrogen) atoms. The fourth-order valence-corrected chi connectivity index (χ4v) is 3.36. The lowest BCUT2D eigenvalue weighted by Crippen LogP contribution is -2.47. The third-order valence-corrected chi connectivity index (χ3v) is 4.35. The summed E-state index contributed by atoms with van der Waals surface area (Å²) in [6.45, 7) is 2.86. The lowest BCUT2D eigenvalue weighted by atomic mass is 9.75. The van der Waals surface area contributed by atoms with Crippen molar-refractivity contribution in [1.29, 1.82) is 0 Å². The standard InChI is InChI=1S/C13H25NO3/c1-16-10-11(15)9-14-12-3-2-4-13(12)5-7-17-8-6-13/h11-12,14-15H,2-10H2,1H3. The molecule has 1 saturated heterocycles. The number of aliphatic hydroxyl groups excluding tert-OH is 1. The van der Waals surface area contributed by atoms with E-state index in [2.05, 4.69) is 5.32 Å². The SMILES string of the molecule is COCC(O)CNC1CCCC12CCOCC2. The van der Waals surface area contributed by atoms with Crippen LogP contribution in [0.3, 0.4) is 0 Å². The zero-order valence-corrected chi connectivity index (χ0v) is 10.8. The van der Waals surface area contributed by atoms with Crippen molar-refractivity contribution in [2.45, 2.75) is 44.2 Å². The molecule has 2 N–H and O–H groups in total. The van der Waals surface area contributed by atoms with Crippen molar-refractivity contribution < 1.29 is 14.6 Å². The maximum atomic E-state index is 9.68. The van der Waals surface area contributed by atoms with Crippen molar-refractivity contribution in [3.8, 4) is 0 Å². The normalized spacial score (nSPS) is 29.6. The molecule has 2 fully saturated rings. The zero-order chi connectivity index (χ0) is 12.1. The lowest BCUT2D eigenvalue weighted by Gasteiger charge is -2.39. The highest BCUT2D eigenvalue weighted by Crippen LogP contribution is 2.45. The maximum Gasteiger partial charge on any atom is 0.0897 e. The van der Waals surface area contributed by atoms with Gasteiger partial charge in [0.1, 0.15) is 0 Å². The molecule has 1 aliphatic carbocycles. The number of rotatable bonds is 5. The fourth-order valence-electron chi connectivity index (χ4n) is 3.36. The first-order chi connectivity index (χ1) is 8.27. The van der Waals surface area contributed by atoms with Crippen molar-refractivity contribution in [1.82, 2.24) is 5.32 Å². The largest absolute Gasteiger partial charge is 0.389 e. The van der Waals surface area contributed by atoms with Gasteiger partial charge in [0.2, 0.25) is 0 Å². The van der Waals surface area contributed by atoms with E-state index in [1.54, 1.807) is 7.11 Å². The number of aliphatic hydroxyl groups is 1. The number of ether oxygens (including phenoxy) is 2. The Morgan fingerprint density at radius 2 is 2.18 bits per heavy atom. The molecule has 0 aromatic heterocycles. The smallest absolute Gasteiger partial charge is 0.0897 e. The van der Waals surface area contributed by atoms with Gasteiger partial charge in [-0.3, -0.25) is 0 Å². The first-order valence-electron chi connectivity index (χ1n) is 6.75. The molecule has 1 aliphatic heterocycles. The van der Waals surface area contributed by atoms with Crippen LogP contribution in [0.15, 0.2) is 0 Å². The average Bonchev–Trinajstić information content (AvgIpc) is 2.71. The van der Waals surface area contributed by atoms with Crippen LogP contribution in [0.25, 0.3) is 0 Å². The van der Waals surface area contributed by atoms with Crippen molar-refractivity contribution in [3.05, 3.63) is 0 Å². The predicted molar refractivity (Wildman–Crippen MR) is 66.0 cm³/mol. The van der Waals surface area contributed by atoms with Gasteiger partial charge in [0.15, 0.2) is 0 Å². The number of hydrogen-bond acceptors (Lipinski definition) is 4. The van der Waals surface area contributed by atoms with Gasteiger partial charge in [-0.15, -0.1) is 0 Å². The summed E-state index contributed by atoms with van der Waals surface area (Å²) in [5, 5.41) is 13.2. The number of hydrogen-bond donors (Lipinski definition) is 2. The summed E-state index contributed by atoms with van der Waals surface area (Å²) >= 11 is 0. The lowest BCUT2D eigenvalue weighted by molar-refractivity contribution is -0.0000591. The zero-order valence-electron chi connectivity index (χ0n) is 10.8. The van der Waals surface area contributed by atoms with E-state index in [1.807, 2.05) is 0 Å². The molecule has 0 aromatic rings. The molecule has 0 radical (unpaired) electrons. The number of methoxy groups -OCH3 is 1. The van der Waals surface area contributed by atoms with Crippen LogP contribution in [-0.2, 0) is 9.47 Å². The first-order valence-corrected chi connectivity index (χ1v) is 6.75. The van der Waals surface area contributed by atoms with E-state index in [0.717, 1.165) is 13.2 Å². The molecule has 2 unspecified atom stereocenters. The van der Waals surface area contributed by atoms with Gasteiger partial charge in [0.05, 0.1) is 12.7 Å². The van der Waals surface area contributed by atoms with E-state index in [9.17, 15) is 5.11 Å². The molecule has 0 bridgehead atoms. The average molecular weight is 243 g/mol. The van der Waals surface area contributed by atoms with Gasteiger partial charge < -0.3 is 19.9 Å². The Bertz CT molecular complexity index is 229. The summed E-state index contributed by atoms with van der Waals surface area (Å²) in [7, 11) is 1.62. The molecule has 2 rings (SSSR count). The molecule has 100 valence electrons. The second-order valence-electron chi connectivity index (χ2n) is 5.44. The highest BCUT2D eigenvalue weighted by atomic mass is 16.5. The predicted octanol–water partition coefficient (Wildman–Crippen LogP) is 0.933. The van der Waals surface area contributed by atoms with Gasteiger partial charge >= 0.3 is 0 Å². The molecule has 0 amide bonds. The van der Waals surface area contributed by atoms with Crippen LogP contribution in [0.4, 0.5) is 0 Å². The summed E-state index contributed by atoms with van der Waals surface area (Å²) < 4.78 is 10.4. The highest BCUT2D eigenvalue weighted by molar-refractivity contribution is 4.97. The Balaban J connectivity index is 1.82. The Hall–Kier alpha value is -0.160. The van der Waals surface area contributed by atoms with E-state index in [1.165, 1.54) is 32.1 Å². The second kappa shape index (κ2) is 6.14. The van der Waals surface area contributed by atoms with E-state index >= 15 is 0 Å². The molecule has 0 aromatic carbocycles. The van der Waals surface area contributed by atoms with E-state index in [-0.39, 0.29) is 0 Å². The quantitative estimate of drug-likeness (QED) is 0.754. The van der Waals surface area contributed by atoms with E-state index < -0.39 is 6.10 Å². The van der Waals surface area contributed by atoms with Crippen LogP contribution in [0.2, 0.25) is 0 Å². The molecule has 1 heterocycles. The van der Waals surface area contributed by atoms with Crippen LogP contribution < -0.4 is 5.32 Å². The minimum atomic E-state index is -0.391. The first kappa shape index (κ1) is 13.3. The molecule has 1 saturated carbocycles. The molecule has 2 atom stereocenters. The third kappa shape index (κ3) is 3.19.